The van der Waals surface area contributed by atoms with Crippen molar-refractivity contribution in [2.75, 3.05) is 0 Å². The van der Waals surface area contributed by atoms with Crippen molar-refractivity contribution in [3.05, 3.63) is 12.2 Å². The van der Waals surface area contributed by atoms with Crippen LogP contribution in [0.1, 0.15) is 19.3 Å². The second kappa shape index (κ2) is 4.98. The molecule has 1 heterocycles. The van der Waals surface area contributed by atoms with E-state index in [1.54, 1.807) is 0 Å². The van der Waals surface area contributed by atoms with Crippen LogP contribution in [-0.4, -0.2) is 39.3 Å². The molecule has 3 rings (SSSR count). The Morgan fingerprint density at radius 2 is 1.88 bits per heavy atom. The molecule has 4 nitrogen and oxygen atoms in total. The van der Waals surface area contributed by atoms with Gasteiger partial charge in [-0.25, -0.2) is 0 Å². The van der Waals surface area contributed by atoms with E-state index in [-0.39, 0.29) is 0 Å². The molecule has 0 N–H and O–H groups in total. The lowest BCUT2D eigenvalue weighted by molar-refractivity contribution is 0.312. The fraction of sp³-hybridized carbons (Fsp3) is 0.750. The number of fused-ring (bicyclic) bond motifs is 2. The number of hydrogen-bond donors (Lipinski definition) is 0. The van der Waals surface area contributed by atoms with E-state index in [0.717, 1.165) is 11.8 Å². The molecule has 1 saturated heterocycles. The molecule has 1 aliphatic heterocycles. The lowest BCUT2D eigenvalue weighted by Crippen LogP contribution is -2.39. The molecule has 90 valence electrons. The highest BCUT2D eigenvalue weighted by Crippen LogP contribution is 2.55. The first-order valence-electron chi connectivity index (χ1n) is 5.93. The van der Waals surface area contributed by atoms with Crippen molar-refractivity contribution in [3.8, 4) is 0 Å². The highest BCUT2D eigenvalue weighted by Gasteiger charge is 2.48. The molecule has 8 heteroatoms. The smallest absolute Gasteiger partial charge is 0.310 e. The molecule has 2 bridgehead atoms. The van der Waals surface area contributed by atoms with Gasteiger partial charge in [0.2, 0.25) is 0 Å². The van der Waals surface area contributed by atoms with Crippen molar-refractivity contribution >= 4 is 39.3 Å². The van der Waals surface area contributed by atoms with Gasteiger partial charge < -0.3 is 16.5 Å². The largest absolute Gasteiger partial charge is 0.425 e. The molecule has 2 aliphatic carbocycles. The Hall–Kier alpha value is 0.448. The highest BCUT2D eigenvalue weighted by atomic mass is 28.4. The molecule has 0 aromatic heterocycles. The van der Waals surface area contributed by atoms with Gasteiger partial charge in [-0.05, 0) is 31.1 Å². The summed E-state index contributed by atoms with van der Waals surface area (Å²) in [6.45, 7) is 4.28. The summed E-state index contributed by atoms with van der Waals surface area (Å²) in [4.78, 5) is 0. The Labute approximate surface area is 105 Å². The van der Waals surface area contributed by atoms with Crippen LogP contribution in [0, 0.1) is 11.8 Å². The molecule has 0 spiro atoms. The van der Waals surface area contributed by atoms with Crippen molar-refractivity contribution in [2.24, 2.45) is 11.8 Å². The van der Waals surface area contributed by atoms with Gasteiger partial charge >= 0.3 is 9.28 Å². The monoisotopic (exact) mass is 290 g/mol. The summed E-state index contributed by atoms with van der Waals surface area (Å²) in [5.74, 6) is 1.56. The Morgan fingerprint density at radius 3 is 2.50 bits per heavy atom. The fourth-order valence-corrected chi connectivity index (χ4v) is 13.2. The third kappa shape index (κ3) is 2.08. The van der Waals surface area contributed by atoms with Gasteiger partial charge in [0.15, 0.2) is 0 Å². The fourth-order valence-electron chi connectivity index (χ4n) is 3.26. The summed E-state index contributed by atoms with van der Waals surface area (Å²) >= 11 is 0. The predicted octanol–water partition coefficient (Wildman–Crippen LogP) is -1.36. The Morgan fingerprint density at radius 1 is 1.12 bits per heavy atom. The quantitative estimate of drug-likeness (QED) is 0.442. The van der Waals surface area contributed by atoms with Crippen LogP contribution in [0.15, 0.2) is 12.2 Å². The van der Waals surface area contributed by atoms with E-state index in [4.69, 9.17) is 16.5 Å². The first kappa shape index (κ1) is 11.5. The standard InChI is InChI=1S/C8H18O4Si4/c1-5-6-2-3-7(4-6)8(5)16-11-14-9-13-10-15-12-16/h6-8,16H,1-4,13-15H2. The topological polar surface area (TPSA) is 36.9 Å². The molecule has 3 fully saturated rings. The minimum absolute atomic E-state index is 0.561. The predicted molar refractivity (Wildman–Crippen MR) is 70.8 cm³/mol. The van der Waals surface area contributed by atoms with E-state index < -0.39 is 39.3 Å². The van der Waals surface area contributed by atoms with Gasteiger partial charge in [0.25, 0.3) is 30.0 Å². The normalized spacial score (nSPS) is 48.9. The van der Waals surface area contributed by atoms with Gasteiger partial charge in [0.1, 0.15) is 0 Å². The third-order valence-corrected chi connectivity index (χ3v) is 12.0. The van der Waals surface area contributed by atoms with Crippen molar-refractivity contribution in [3.63, 3.8) is 0 Å². The molecule has 0 radical (unpaired) electrons. The van der Waals surface area contributed by atoms with Crippen molar-refractivity contribution in [1.29, 1.82) is 0 Å². The zero-order valence-corrected chi connectivity index (χ0v) is 14.8. The van der Waals surface area contributed by atoms with E-state index in [0.29, 0.717) is 5.54 Å². The van der Waals surface area contributed by atoms with Gasteiger partial charge in [-0.3, -0.25) is 0 Å². The third-order valence-electron chi connectivity index (χ3n) is 4.02. The van der Waals surface area contributed by atoms with Crippen LogP contribution in [0.2, 0.25) is 5.54 Å². The van der Waals surface area contributed by atoms with Crippen molar-refractivity contribution in [2.45, 2.75) is 24.8 Å². The van der Waals surface area contributed by atoms with Crippen LogP contribution in [0.4, 0.5) is 0 Å². The number of allylic oxidation sites excluding steroid dienone is 1. The molecule has 3 unspecified atom stereocenters. The van der Waals surface area contributed by atoms with Crippen LogP contribution in [0.25, 0.3) is 0 Å². The Kier molecular flexibility index (Phi) is 3.59. The molecule has 0 aromatic carbocycles. The summed E-state index contributed by atoms with van der Waals surface area (Å²) in [7, 11) is -3.93. The maximum Gasteiger partial charge on any atom is 0.310 e. The molecular formula is C8H18O4Si4. The van der Waals surface area contributed by atoms with Crippen LogP contribution in [0.3, 0.4) is 0 Å². The maximum atomic E-state index is 5.95. The second-order valence-corrected chi connectivity index (χ2v) is 12.9. The maximum absolute atomic E-state index is 5.95. The second-order valence-electron chi connectivity index (χ2n) is 4.83. The first-order chi connectivity index (χ1) is 7.86. The SMILES string of the molecule is C=C1C2CCC(C2)C1[SiH]1O[SiH2]O[SiH2]O[SiH2]O1. The van der Waals surface area contributed by atoms with Crippen LogP contribution in [0.5, 0.6) is 0 Å². The molecule has 3 atom stereocenters. The summed E-state index contributed by atoms with van der Waals surface area (Å²) in [6, 6.07) is 0. The molecule has 16 heavy (non-hydrogen) atoms. The number of rotatable bonds is 1. The average Bonchev–Trinajstić information content (AvgIpc) is 2.79. The lowest BCUT2D eigenvalue weighted by Gasteiger charge is -2.31. The summed E-state index contributed by atoms with van der Waals surface area (Å²) < 4.78 is 22.8. The van der Waals surface area contributed by atoms with E-state index in [9.17, 15) is 0 Å². The van der Waals surface area contributed by atoms with Gasteiger partial charge in [0.05, 0.1) is 0 Å². The highest BCUT2D eigenvalue weighted by molar-refractivity contribution is 6.61. The van der Waals surface area contributed by atoms with E-state index in [2.05, 4.69) is 6.58 Å². The molecule has 3 aliphatic rings. The Balaban J connectivity index is 1.68. The number of hydrogen-bond acceptors (Lipinski definition) is 4. The van der Waals surface area contributed by atoms with Gasteiger partial charge in [-0.1, -0.05) is 12.2 Å². The van der Waals surface area contributed by atoms with Crippen molar-refractivity contribution in [1.82, 2.24) is 0 Å². The molecular weight excluding hydrogens is 272 g/mol. The molecule has 0 aromatic rings. The van der Waals surface area contributed by atoms with E-state index in [1.165, 1.54) is 24.8 Å². The molecule has 0 amide bonds. The van der Waals surface area contributed by atoms with E-state index in [1.807, 2.05) is 0 Å². The zero-order chi connectivity index (χ0) is 11.0. The van der Waals surface area contributed by atoms with Gasteiger partial charge in [-0.15, -0.1) is 0 Å². The lowest BCUT2D eigenvalue weighted by atomic mass is 9.96. The minimum atomic E-state index is -1.56. The van der Waals surface area contributed by atoms with Crippen LogP contribution < -0.4 is 0 Å². The first-order valence-corrected chi connectivity index (χ1v) is 11.0. The van der Waals surface area contributed by atoms with Crippen LogP contribution >= 0.6 is 0 Å². The van der Waals surface area contributed by atoms with Gasteiger partial charge in [0, 0.05) is 5.54 Å². The van der Waals surface area contributed by atoms with Crippen molar-refractivity contribution < 1.29 is 16.5 Å². The zero-order valence-electron chi connectivity index (χ0n) is 9.39. The summed E-state index contributed by atoms with van der Waals surface area (Å²) in [5.41, 5.74) is 1.99. The van der Waals surface area contributed by atoms with Gasteiger partial charge in [-0.2, -0.15) is 0 Å². The Bertz CT molecular complexity index is 281. The summed E-state index contributed by atoms with van der Waals surface area (Å²) in [5, 5.41) is 0. The molecule has 2 saturated carbocycles. The summed E-state index contributed by atoms with van der Waals surface area (Å²) in [6.07, 6.45) is 4.03. The van der Waals surface area contributed by atoms with E-state index >= 15 is 0 Å². The van der Waals surface area contributed by atoms with Crippen LogP contribution in [-0.2, 0) is 16.5 Å². The average molecular weight is 291 g/mol. The minimum Gasteiger partial charge on any atom is -0.425 e.